The lowest BCUT2D eigenvalue weighted by molar-refractivity contribution is 0.00531. The van der Waals surface area contributed by atoms with E-state index in [0.717, 1.165) is 36.2 Å². The molecule has 0 amide bonds. The number of para-hydroxylation sites is 1. The number of hydrogen-bond donors (Lipinski definition) is 1. The molecular formula is C16H26BrNO2. The Hall–Kier alpha value is -0.580. The second kappa shape index (κ2) is 8.65. The van der Waals surface area contributed by atoms with Crippen molar-refractivity contribution in [1.29, 1.82) is 0 Å². The van der Waals surface area contributed by atoms with Gasteiger partial charge in [-0.15, -0.1) is 0 Å². The number of hydrogen-bond acceptors (Lipinski definition) is 3. The Bertz CT molecular complexity index is 407. The Balaban J connectivity index is 2.63. The third-order valence-electron chi connectivity index (χ3n) is 3.29. The summed E-state index contributed by atoms with van der Waals surface area (Å²) < 4.78 is 12.4. The smallest absolute Gasteiger partial charge is 0.137 e. The zero-order valence-electron chi connectivity index (χ0n) is 13.0. The van der Waals surface area contributed by atoms with Crippen LogP contribution in [-0.4, -0.2) is 25.9 Å². The van der Waals surface area contributed by atoms with E-state index in [2.05, 4.69) is 48.1 Å². The van der Waals surface area contributed by atoms with Crippen molar-refractivity contribution < 1.29 is 9.47 Å². The Kier molecular flexibility index (Phi) is 7.56. The number of benzene rings is 1. The fourth-order valence-corrected chi connectivity index (χ4v) is 2.28. The maximum Gasteiger partial charge on any atom is 0.137 e. The van der Waals surface area contributed by atoms with Crippen molar-refractivity contribution in [3.05, 3.63) is 28.2 Å². The number of halogens is 1. The van der Waals surface area contributed by atoms with Crippen LogP contribution < -0.4 is 10.1 Å². The average Bonchev–Trinajstić information content (AvgIpc) is 2.42. The normalized spacial score (nSPS) is 11.7. The average molecular weight is 344 g/mol. The highest BCUT2D eigenvalue weighted by Crippen LogP contribution is 2.29. The molecular weight excluding hydrogens is 318 g/mol. The molecule has 0 spiro atoms. The molecule has 0 atom stereocenters. The quantitative estimate of drug-likeness (QED) is 0.683. The van der Waals surface area contributed by atoms with Gasteiger partial charge < -0.3 is 14.8 Å². The predicted molar refractivity (Wildman–Crippen MR) is 87.3 cm³/mol. The Morgan fingerprint density at radius 3 is 2.70 bits per heavy atom. The minimum absolute atomic E-state index is 0.151. The molecule has 1 aromatic rings. The molecule has 3 nitrogen and oxygen atoms in total. The molecule has 1 aromatic carbocycles. The first-order valence-corrected chi connectivity index (χ1v) is 7.95. The molecule has 0 bridgehead atoms. The minimum Gasteiger partial charge on any atom is -0.492 e. The maximum absolute atomic E-state index is 5.97. The fraction of sp³-hybridized carbons (Fsp3) is 0.625. The van der Waals surface area contributed by atoms with E-state index in [1.54, 1.807) is 7.11 Å². The van der Waals surface area contributed by atoms with Crippen LogP contribution in [0.3, 0.4) is 0 Å². The Morgan fingerprint density at radius 1 is 1.30 bits per heavy atom. The molecule has 0 aliphatic carbocycles. The van der Waals surface area contributed by atoms with Crippen LogP contribution in [0.25, 0.3) is 0 Å². The molecule has 0 aromatic heterocycles. The highest BCUT2D eigenvalue weighted by atomic mass is 79.9. The zero-order chi connectivity index (χ0) is 15.0. The molecule has 1 N–H and O–H groups in total. The first-order chi connectivity index (χ1) is 9.50. The van der Waals surface area contributed by atoms with Crippen molar-refractivity contribution >= 4 is 15.9 Å². The molecule has 0 unspecified atom stereocenters. The second-order valence-electron chi connectivity index (χ2n) is 5.47. The monoisotopic (exact) mass is 343 g/mol. The van der Waals surface area contributed by atoms with Crippen LogP contribution in [0.15, 0.2) is 22.7 Å². The highest BCUT2D eigenvalue weighted by Gasteiger charge is 2.17. The van der Waals surface area contributed by atoms with E-state index in [4.69, 9.17) is 9.47 Å². The van der Waals surface area contributed by atoms with Gasteiger partial charge in [0.05, 0.1) is 16.7 Å². The van der Waals surface area contributed by atoms with E-state index in [-0.39, 0.29) is 5.60 Å². The van der Waals surface area contributed by atoms with Crippen LogP contribution in [0, 0.1) is 0 Å². The van der Waals surface area contributed by atoms with Gasteiger partial charge in [-0.05, 0) is 48.8 Å². The van der Waals surface area contributed by atoms with Crippen LogP contribution in [0.4, 0.5) is 0 Å². The summed E-state index contributed by atoms with van der Waals surface area (Å²) in [5, 5.41) is 3.41. The molecule has 4 heteroatoms. The topological polar surface area (TPSA) is 30.5 Å². The van der Waals surface area contributed by atoms with Crippen LogP contribution in [0.5, 0.6) is 5.75 Å². The highest BCUT2D eigenvalue weighted by molar-refractivity contribution is 9.10. The SMILES string of the molecule is CCCNCc1cccc(Br)c1OCCC(C)(C)OC. The van der Waals surface area contributed by atoms with Gasteiger partial charge in [-0.2, -0.15) is 0 Å². The number of rotatable bonds is 9. The van der Waals surface area contributed by atoms with Gasteiger partial charge in [-0.1, -0.05) is 19.1 Å². The maximum atomic E-state index is 5.97. The summed E-state index contributed by atoms with van der Waals surface area (Å²) in [6.45, 7) is 8.79. The second-order valence-corrected chi connectivity index (χ2v) is 6.32. The van der Waals surface area contributed by atoms with Crippen LogP contribution in [0.1, 0.15) is 39.2 Å². The summed E-state index contributed by atoms with van der Waals surface area (Å²) in [7, 11) is 1.73. The lowest BCUT2D eigenvalue weighted by atomic mass is 10.1. The molecule has 0 radical (unpaired) electrons. The summed E-state index contributed by atoms with van der Waals surface area (Å²) in [5.74, 6) is 0.933. The van der Waals surface area contributed by atoms with E-state index < -0.39 is 0 Å². The van der Waals surface area contributed by atoms with E-state index in [1.807, 2.05) is 12.1 Å². The lowest BCUT2D eigenvalue weighted by Gasteiger charge is -2.23. The van der Waals surface area contributed by atoms with E-state index in [1.165, 1.54) is 5.56 Å². The van der Waals surface area contributed by atoms with Crippen LogP contribution >= 0.6 is 15.9 Å². The van der Waals surface area contributed by atoms with E-state index in [9.17, 15) is 0 Å². The van der Waals surface area contributed by atoms with Gasteiger partial charge in [0.25, 0.3) is 0 Å². The van der Waals surface area contributed by atoms with Crippen molar-refractivity contribution in [2.45, 2.75) is 45.8 Å². The summed E-state index contributed by atoms with van der Waals surface area (Å²) >= 11 is 3.57. The summed E-state index contributed by atoms with van der Waals surface area (Å²) in [6.07, 6.45) is 1.99. The van der Waals surface area contributed by atoms with Gasteiger partial charge in [0.1, 0.15) is 5.75 Å². The fourth-order valence-electron chi connectivity index (χ4n) is 1.76. The van der Waals surface area contributed by atoms with Gasteiger partial charge in [-0.25, -0.2) is 0 Å². The van der Waals surface area contributed by atoms with E-state index in [0.29, 0.717) is 6.61 Å². The zero-order valence-corrected chi connectivity index (χ0v) is 14.5. The van der Waals surface area contributed by atoms with Crippen molar-refractivity contribution in [1.82, 2.24) is 5.32 Å². The molecule has 114 valence electrons. The molecule has 0 saturated carbocycles. The Labute approximate surface area is 131 Å². The lowest BCUT2D eigenvalue weighted by Crippen LogP contribution is -2.25. The molecule has 0 saturated heterocycles. The Morgan fingerprint density at radius 2 is 2.05 bits per heavy atom. The molecule has 0 aliphatic heterocycles. The largest absolute Gasteiger partial charge is 0.492 e. The van der Waals surface area contributed by atoms with Crippen molar-refractivity contribution in [3.63, 3.8) is 0 Å². The summed E-state index contributed by atoms with van der Waals surface area (Å²) in [6, 6.07) is 6.16. The molecule has 20 heavy (non-hydrogen) atoms. The van der Waals surface area contributed by atoms with Gasteiger partial charge in [0, 0.05) is 25.6 Å². The van der Waals surface area contributed by atoms with Gasteiger partial charge in [-0.3, -0.25) is 0 Å². The molecule has 0 aliphatic rings. The summed E-state index contributed by atoms with van der Waals surface area (Å²) in [5.41, 5.74) is 1.03. The third kappa shape index (κ3) is 5.81. The molecule has 0 heterocycles. The van der Waals surface area contributed by atoms with Gasteiger partial charge >= 0.3 is 0 Å². The van der Waals surface area contributed by atoms with Crippen molar-refractivity contribution in [2.24, 2.45) is 0 Å². The summed E-state index contributed by atoms with van der Waals surface area (Å²) in [4.78, 5) is 0. The first kappa shape index (κ1) is 17.5. The van der Waals surface area contributed by atoms with Crippen LogP contribution in [-0.2, 0) is 11.3 Å². The standard InChI is InChI=1S/C16H26BrNO2/c1-5-10-18-12-13-7-6-8-14(17)15(13)20-11-9-16(2,3)19-4/h6-8,18H,5,9-12H2,1-4H3. The van der Waals surface area contributed by atoms with Gasteiger partial charge in [0.15, 0.2) is 0 Å². The van der Waals surface area contributed by atoms with E-state index >= 15 is 0 Å². The minimum atomic E-state index is -0.151. The first-order valence-electron chi connectivity index (χ1n) is 7.16. The molecule has 0 fully saturated rings. The predicted octanol–water partition coefficient (Wildman–Crippen LogP) is 4.14. The number of ether oxygens (including phenoxy) is 2. The number of methoxy groups -OCH3 is 1. The number of nitrogens with one attached hydrogen (secondary N) is 1. The van der Waals surface area contributed by atoms with Gasteiger partial charge in [0.2, 0.25) is 0 Å². The third-order valence-corrected chi connectivity index (χ3v) is 3.92. The van der Waals surface area contributed by atoms with Crippen LogP contribution in [0.2, 0.25) is 0 Å². The van der Waals surface area contributed by atoms with Crippen molar-refractivity contribution in [2.75, 3.05) is 20.3 Å². The van der Waals surface area contributed by atoms with Crippen molar-refractivity contribution in [3.8, 4) is 5.75 Å². The molecule has 1 rings (SSSR count).